The molecule has 1 aliphatic carbocycles. The Kier molecular flexibility index (Phi) is 1.92. The first-order chi connectivity index (χ1) is 5.49. The monoisotopic (exact) mass is 177 g/mol. The normalized spacial score (nSPS) is 29.8. The standard InChI is InChI=1S/C7H3F4N/c8-4-1-5(9)6(10)7(11,2-4)3-12/h1H,2H2. The third-order valence-electron chi connectivity index (χ3n) is 1.43. The van der Waals surface area contributed by atoms with Gasteiger partial charge in [-0.15, -0.1) is 0 Å². The first-order valence-corrected chi connectivity index (χ1v) is 3.01. The molecule has 0 saturated heterocycles. The van der Waals surface area contributed by atoms with Crippen molar-refractivity contribution in [2.45, 2.75) is 12.1 Å². The van der Waals surface area contributed by atoms with Gasteiger partial charge in [0.25, 0.3) is 5.67 Å². The Morgan fingerprint density at radius 2 is 2.00 bits per heavy atom. The Morgan fingerprint density at radius 3 is 2.50 bits per heavy atom. The molecule has 0 N–H and O–H groups in total. The van der Waals surface area contributed by atoms with Gasteiger partial charge in [-0.05, 0) is 0 Å². The van der Waals surface area contributed by atoms with Crippen molar-refractivity contribution in [3.63, 3.8) is 0 Å². The zero-order valence-corrected chi connectivity index (χ0v) is 5.74. The highest BCUT2D eigenvalue weighted by atomic mass is 19.2. The smallest absolute Gasteiger partial charge is 0.219 e. The van der Waals surface area contributed by atoms with Gasteiger partial charge in [-0.25, -0.2) is 17.6 Å². The highest BCUT2D eigenvalue weighted by Crippen LogP contribution is 2.37. The highest BCUT2D eigenvalue weighted by molar-refractivity contribution is 5.36. The molecule has 1 atom stereocenters. The van der Waals surface area contributed by atoms with Gasteiger partial charge in [-0.1, -0.05) is 0 Å². The van der Waals surface area contributed by atoms with Gasteiger partial charge in [0.05, 0.1) is 6.42 Å². The summed E-state index contributed by atoms with van der Waals surface area (Å²) in [5, 5.41) is 8.10. The molecule has 0 aromatic carbocycles. The minimum absolute atomic E-state index is 0.227. The van der Waals surface area contributed by atoms with E-state index in [-0.39, 0.29) is 6.08 Å². The Bertz CT molecular complexity index is 312. The highest BCUT2D eigenvalue weighted by Gasteiger charge is 2.42. The Morgan fingerprint density at radius 1 is 1.42 bits per heavy atom. The molecule has 0 heterocycles. The molecule has 0 aromatic heterocycles. The summed E-state index contributed by atoms with van der Waals surface area (Å²) >= 11 is 0. The van der Waals surface area contributed by atoms with Gasteiger partial charge in [0.2, 0.25) is 0 Å². The second kappa shape index (κ2) is 2.63. The lowest BCUT2D eigenvalue weighted by molar-refractivity contribution is 0.216. The van der Waals surface area contributed by atoms with Gasteiger partial charge in [0.15, 0.2) is 11.7 Å². The van der Waals surface area contributed by atoms with Crippen LogP contribution in [0.15, 0.2) is 23.6 Å². The van der Waals surface area contributed by atoms with E-state index in [1.807, 2.05) is 0 Å². The van der Waals surface area contributed by atoms with Gasteiger partial charge in [0, 0.05) is 6.08 Å². The summed E-state index contributed by atoms with van der Waals surface area (Å²) < 4.78 is 50.0. The zero-order chi connectivity index (χ0) is 9.35. The fourth-order valence-electron chi connectivity index (χ4n) is 0.840. The van der Waals surface area contributed by atoms with Crippen LogP contribution in [0, 0.1) is 11.3 Å². The molecule has 1 aliphatic rings. The van der Waals surface area contributed by atoms with Crippen molar-refractivity contribution >= 4 is 0 Å². The molecule has 0 aliphatic heterocycles. The number of alkyl halides is 1. The van der Waals surface area contributed by atoms with E-state index in [9.17, 15) is 17.6 Å². The van der Waals surface area contributed by atoms with Gasteiger partial charge in [0.1, 0.15) is 11.9 Å². The Balaban J connectivity index is 3.17. The fourth-order valence-corrected chi connectivity index (χ4v) is 0.840. The summed E-state index contributed by atoms with van der Waals surface area (Å²) in [6, 6.07) is 0.871. The van der Waals surface area contributed by atoms with E-state index in [1.165, 1.54) is 0 Å². The molecule has 1 nitrogen and oxygen atoms in total. The van der Waals surface area contributed by atoms with Crippen LogP contribution >= 0.6 is 0 Å². The molecule has 0 bridgehead atoms. The SMILES string of the molecule is N#CC1(F)CC(F)=CC(F)=C1F. The summed E-state index contributed by atoms with van der Waals surface area (Å²) in [6.07, 6.45) is -0.840. The van der Waals surface area contributed by atoms with Gasteiger partial charge in [-0.3, -0.25) is 0 Å². The molecule has 0 amide bonds. The van der Waals surface area contributed by atoms with Crippen molar-refractivity contribution in [2.75, 3.05) is 0 Å². The lowest BCUT2D eigenvalue weighted by Crippen LogP contribution is -2.24. The van der Waals surface area contributed by atoms with E-state index < -0.39 is 29.6 Å². The molecular formula is C7H3F4N. The largest absolute Gasteiger partial charge is 0.255 e. The molecule has 1 rings (SSSR count). The molecule has 0 radical (unpaired) electrons. The van der Waals surface area contributed by atoms with Crippen LogP contribution in [0.1, 0.15) is 6.42 Å². The maximum absolute atomic E-state index is 12.9. The average Bonchev–Trinajstić information content (AvgIpc) is 2.00. The van der Waals surface area contributed by atoms with Crippen LogP contribution in [-0.2, 0) is 0 Å². The van der Waals surface area contributed by atoms with Crippen LogP contribution in [0.4, 0.5) is 17.6 Å². The van der Waals surface area contributed by atoms with Crippen molar-refractivity contribution in [1.29, 1.82) is 5.26 Å². The molecule has 0 aromatic rings. The lowest BCUT2D eigenvalue weighted by Gasteiger charge is -2.17. The molecule has 0 spiro atoms. The quantitative estimate of drug-likeness (QED) is 0.521. The third kappa shape index (κ3) is 1.20. The fraction of sp³-hybridized carbons (Fsp3) is 0.286. The second-order valence-corrected chi connectivity index (χ2v) is 2.34. The predicted molar refractivity (Wildman–Crippen MR) is 32.5 cm³/mol. The average molecular weight is 177 g/mol. The summed E-state index contributed by atoms with van der Waals surface area (Å²) in [5.74, 6) is -4.70. The maximum Gasteiger partial charge on any atom is 0.255 e. The van der Waals surface area contributed by atoms with Crippen molar-refractivity contribution in [2.24, 2.45) is 0 Å². The second-order valence-electron chi connectivity index (χ2n) is 2.34. The first kappa shape index (κ1) is 8.78. The van der Waals surface area contributed by atoms with Crippen LogP contribution in [0.2, 0.25) is 0 Å². The Labute approximate surface area is 65.6 Å². The van der Waals surface area contributed by atoms with E-state index in [4.69, 9.17) is 5.26 Å². The van der Waals surface area contributed by atoms with Crippen LogP contribution in [0.25, 0.3) is 0 Å². The molecule has 1 unspecified atom stereocenters. The van der Waals surface area contributed by atoms with E-state index in [2.05, 4.69) is 0 Å². The molecule has 5 heteroatoms. The van der Waals surface area contributed by atoms with Crippen molar-refractivity contribution in [3.05, 3.63) is 23.6 Å². The van der Waals surface area contributed by atoms with Crippen molar-refractivity contribution in [1.82, 2.24) is 0 Å². The summed E-state index contributed by atoms with van der Waals surface area (Å²) in [6.45, 7) is 0. The lowest BCUT2D eigenvalue weighted by atomic mass is 9.96. The van der Waals surface area contributed by atoms with Crippen molar-refractivity contribution < 1.29 is 17.6 Å². The number of halogens is 4. The minimum atomic E-state index is -3.18. The number of nitriles is 1. The number of rotatable bonds is 0. The van der Waals surface area contributed by atoms with Crippen LogP contribution in [-0.4, -0.2) is 5.67 Å². The third-order valence-corrected chi connectivity index (χ3v) is 1.43. The zero-order valence-electron chi connectivity index (χ0n) is 5.74. The van der Waals surface area contributed by atoms with E-state index >= 15 is 0 Å². The molecule has 12 heavy (non-hydrogen) atoms. The number of hydrogen-bond donors (Lipinski definition) is 0. The number of hydrogen-bond acceptors (Lipinski definition) is 1. The van der Waals surface area contributed by atoms with Gasteiger partial charge >= 0.3 is 0 Å². The van der Waals surface area contributed by atoms with Gasteiger partial charge < -0.3 is 0 Å². The van der Waals surface area contributed by atoms with Crippen LogP contribution in [0.3, 0.4) is 0 Å². The summed E-state index contributed by atoms with van der Waals surface area (Å²) in [4.78, 5) is 0. The maximum atomic E-state index is 12.9. The van der Waals surface area contributed by atoms with Crippen LogP contribution < -0.4 is 0 Å². The van der Waals surface area contributed by atoms with Gasteiger partial charge in [-0.2, -0.15) is 5.26 Å². The molecule has 0 fully saturated rings. The molecule has 0 saturated carbocycles. The predicted octanol–water partition coefficient (Wildman–Crippen LogP) is 2.63. The van der Waals surface area contributed by atoms with Crippen LogP contribution in [0.5, 0.6) is 0 Å². The van der Waals surface area contributed by atoms with E-state index in [0.29, 0.717) is 0 Å². The Hall–Kier alpha value is -1.31. The number of allylic oxidation sites excluding steroid dienone is 4. The van der Waals surface area contributed by atoms with E-state index in [1.54, 1.807) is 0 Å². The molecular weight excluding hydrogens is 174 g/mol. The number of nitrogens with zero attached hydrogens (tertiary/aromatic N) is 1. The summed E-state index contributed by atoms with van der Waals surface area (Å²) in [7, 11) is 0. The summed E-state index contributed by atoms with van der Waals surface area (Å²) in [5.41, 5.74) is -3.18. The van der Waals surface area contributed by atoms with E-state index in [0.717, 1.165) is 6.07 Å². The molecule has 64 valence electrons. The topological polar surface area (TPSA) is 23.8 Å². The first-order valence-electron chi connectivity index (χ1n) is 3.01. The minimum Gasteiger partial charge on any atom is -0.219 e. The van der Waals surface area contributed by atoms with Crippen molar-refractivity contribution in [3.8, 4) is 6.07 Å².